The van der Waals surface area contributed by atoms with Crippen molar-refractivity contribution in [2.45, 2.75) is 13.5 Å². The molecule has 0 aliphatic heterocycles. The molecule has 0 saturated carbocycles. The fourth-order valence-corrected chi connectivity index (χ4v) is 1.79. The monoisotopic (exact) mass is 287 g/mol. The van der Waals surface area contributed by atoms with Gasteiger partial charge in [0.2, 0.25) is 6.20 Å². The van der Waals surface area contributed by atoms with E-state index in [9.17, 15) is 19.7 Å². The number of hydrogen-bond acceptors (Lipinski definition) is 4. The van der Waals surface area contributed by atoms with E-state index in [0.717, 1.165) is 17.2 Å². The Balaban J connectivity index is 2.37. The first kappa shape index (κ1) is 14.4. The zero-order chi connectivity index (χ0) is 15.4. The lowest BCUT2D eigenvalue weighted by Crippen LogP contribution is -2.31. The molecule has 1 aromatic carbocycles. The minimum Gasteiger partial charge on any atom is -0.296 e. The number of aryl methyl sites for hydroxylation is 1. The van der Waals surface area contributed by atoms with Crippen molar-refractivity contribution in [3.63, 3.8) is 0 Å². The SMILES string of the molecule is Cc1ccc(Cn2cc(/C=C/[N+](=O)[O-])c(=O)[nH]c2=O)cc1. The number of nitrogens with zero attached hydrogens (tertiary/aromatic N) is 2. The zero-order valence-electron chi connectivity index (χ0n) is 11.3. The van der Waals surface area contributed by atoms with Gasteiger partial charge in [-0.3, -0.25) is 24.5 Å². The third-order valence-corrected chi connectivity index (χ3v) is 2.89. The Morgan fingerprint density at radius 1 is 1.29 bits per heavy atom. The predicted molar refractivity (Wildman–Crippen MR) is 77.6 cm³/mol. The maximum Gasteiger partial charge on any atom is 0.328 e. The van der Waals surface area contributed by atoms with Crippen LogP contribution in [0.1, 0.15) is 16.7 Å². The molecular weight excluding hydrogens is 274 g/mol. The molecule has 2 rings (SSSR count). The lowest BCUT2D eigenvalue weighted by atomic mass is 10.1. The van der Waals surface area contributed by atoms with Crippen molar-refractivity contribution in [1.82, 2.24) is 9.55 Å². The first-order valence-corrected chi connectivity index (χ1v) is 6.17. The van der Waals surface area contributed by atoms with E-state index in [2.05, 4.69) is 4.98 Å². The van der Waals surface area contributed by atoms with Crippen LogP contribution in [-0.2, 0) is 6.54 Å². The van der Waals surface area contributed by atoms with E-state index in [0.29, 0.717) is 6.20 Å². The first-order chi connectivity index (χ1) is 9.95. The summed E-state index contributed by atoms with van der Waals surface area (Å²) in [7, 11) is 0. The van der Waals surface area contributed by atoms with E-state index in [1.165, 1.54) is 10.8 Å². The molecule has 21 heavy (non-hydrogen) atoms. The van der Waals surface area contributed by atoms with Crippen molar-refractivity contribution in [1.29, 1.82) is 0 Å². The van der Waals surface area contributed by atoms with Gasteiger partial charge in [0.15, 0.2) is 0 Å². The van der Waals surface area contributed by atoms with Crippen LogP contribution in [0.15, 0.2) is 46.3 Å². The van der Waals surface area contributed by atoms with Crippen LogP contribution < -0.4 is 11.2 Å². The molecule has 108 valence electrons. The molecule has 0 saturated heterocycles. The summed E-state index contributed by atoms with van der Waals surface area (Å²) in [6, 6.07) is 7.58. The Morgan fingerprint density at radius 2 is 1.95 bits per heavy atom. The average molecular weight is 287 g/mol. The Morgan fingerprint density at radius 3 is 2.57 bits per heavy atom. The van der Waals surface area contributed by atoms with Gasteiger partial charge in [-0.05, 0) is 12.5 Å². The summed E-state index contributed by atoms with van der Waals surface area (Å²) in [5, 5.41) is 10.3. The van der Waals surface area contributed by atoms with Crippen molar-refractivity contribution in [2.75, 3.05) is 0 Å². The molecule has 0 atom stereocenters. The number of rotatable bonds is 4. The molecule has 0 amide bonds. The zero-order valence-corrected chi connectivity index (χ0v) is 11.3. The first-order valence-electron chi connectivity index (χ1n) is 6.17. The lowest BCUT2D eigenvalue weighted by Gasteiger charge is -2.06. The molecule has 0 aliphatic carbocycles. The van der Waals surface area contributed by atoms with Gasteiger partial charge < -0.3 is 0 Å². The van der Waals surface area contributed by atoms with E-state index >= 15 is 0 Å². The van der Waals surface area contributed by atoms with E-state index in [1.54, 1.807) is 0 Å². The standard InChI is InChI=1S/C14H13N3O4/c1-10-2-4-11(5-3-10)8-16-9-12(6-7-17(20)21)13(18)15-14(16)19/h2-7,9H,8H2,1H3,(H,15,18,19)/b7-6+. The van der Waals surface area contributed by atoms with Gasteiger partial charge in [-0.25, -0.2) is 4.79 Å². The minimum absolute atomic E-state index is 0.0541. The molecule has 7 heteroatoms. The second-order valence-corrected chi connectivity index (χ2v) is 4.56. The largest absolute Gasteiger partial charge is 0.328 e. The van der Waals surface area contributed by atoms with Crippen LogP contribution in [0.3, 0.4) is 0 Å². The molecule has 0 aliphatic rings. The predicted octanol–water partition coefficient (Wildman–Crippen LogP) is 1.14. The van der Waals surface area contributed by atoms with Crippen molar-refractivity contribution in [3.8, 4) is 0 Å². The summed E-state index contributed by atoms with van der Waals surface area (Å²) < 4.78 is 1.30. The maximum atomic E-state index is 11.8. The van der Waals surface area contributed by atoms with E-state index < -0.39 is 16.2 Å². The van der Waals surface area contributed by atoms with Gasteiger partial charge in [0.1, 0.15) is 0 Å². The smallest absolute Gasteiger partial charge is 0.296 e. The van der Waals surface area contributed by atoms with E-state index in [1.807, 2.05) is 31.2 Å². The highest BCUT2D eigenvalue weighted by atomic mass is 16.6. The fourth-order valence-electron chi connectivity index (χ4n) is 1.79. The number of aromatic nitrogens is 2. The number of aromatic amines is 1. The van der Waals surface area contributed by atoms with Crippen LogP contribution in [0.4, 0.5) is 0 Å². The molecule has 0 bridgehead atoms. The summed E-state index contributed by atoms with van der Waals surface area (Å²) in [4.78, 5) is 35.1. The minimum atomic E-state index is -0.672. The van der Waals surface area contributed by atoms with Crippen LogP contribution in [0, 0.1) is 17.0 Å². The van der Waals surface area contributed by atoms with Gasteiger partial charge in [-0.1, -0.05) is 29.8 Å². The molecule has 1 heterocycles. The van der Waals surface area contributed by atoms with Crippen molar-refractivity contribution < 1.29 is 4.92 Å². The van der Waals surface area contributed by atoms with Crippen LogP contribution in [-0.4, -0.2) is 14.5 Å². The second-order valence-electron chi connectivity index (χ2n) is 4.56. The third kappa shape index (κ3) is 3.75. The van der Waals surface area contributed by atoms with Gasteiger partial charge in [0.05, 0.1) is 17.0 Å². The van der Waals surface area contributed by atoms with E-state index in [4.69, 9.17) is 0 Å². The summed E-state index contributed by atoms with van der Waals surface area (Å²) in [6.07, 6.45) is 3.02. The molecule has 0 radical (unpaired) electrons. The molecule has 0 unspecified atom stereocenters. The average Bonchev–Trinajstić information content (AvgIpc) is 2.42. The Kier molecular flexibility index (Phi) is 4.13. The van der Waals surface area contributed by atoms with Crippen molar-refractivity contribution in [3.05, 3.63) is 84.3 Å². The highest BCUT2D eigenvalue weighted by Crippen LogP contribution is 2.04. The number of benzene rings is 1. The Bertz CT molecular complexity index is 800. The molecule has 2 aromatic rings. The summed E-state index contributed by atoms with van der Waals surface area (Å²) in [5.41, 5.74) is 0.830. The third-order valence-electron chi connectivity index (χ3n) is 2.89. The van der Waals surface area contributed by atoms with Gasteiger partial charge in [-0.2, -0.15) is 0 Å². The van der Waals surface area contributed by atoms with Crippen LogP contribution >= 0.6 is 0 Å². The van der Waals surface area contributed by atoms with Gasteiger partial charge >= 0.3 is 5.69 Å². The Labute approximate surface area is 119 Å². The quantitative estimate of drug-likeness (QED) is 0.673. The highest BCUT2D eigenvalue weighted by Gasteiger charge is 2.04. The Hall–Kier alpha value is -2.96. The normalized spacial score (nSPS) is 10.9. The maximum absolute atomic E-state index is 11.8. The topological polar surface area (TPSA) is 98.0 Å². The number of H-pyrrole nitrogens is 1. The number of hydrogen-bond donors (Lipinski definition) is 1. The second kappa shape index (κ2) is 6.00. The van der Waals surface area contributed by atoms with Crippen LogP contribution in [0.5, 0.6) is 0 Å². The summed E-state index contributed by atoms with van der Waals surface area (Å²) in [5.74, 6) is 0. The van der Waals surface area contributed by atoms with Crippen molar-refractivity contribution >= 4 is 6.08 Å². The summed E-state index contributed by atoms with van der Waals surface area (Å²) in [6.45, 7) is 2.23. The van der Waals surface area contributed by atoms with Gasteiger partial charge in [0, 0.05) is 12.3 Å². The number of nitro groups is 1. The van der Waals surface area contributed by atoms with Crippen LogP contribution in [0.25, 0.3) is 6.08 Å². The lowest BCUT2D eigenvalue weighted by molar-refractivity contribution is -0.400. The highest BCUT2D eigenvalue weighted by molar-refractivity contribution is 5.44. The molecule has 1 N–H and O–H groups in total. The van der Waals surface area contributed by atoms with Gasteiger partial charge in [0.25, 0.3) is 5.56 Å². The fraction of sp³-hybridized carbons (Fsp3) is 0.143. The van der Waals surface area contributed by atoms with E-state index in [-0.39, 0.29) is 12.1 Å². The summed E-state index contributed by atoms with van der Waals surface area (Å²) >= 11 is 0. The molecule has 1 aromatic heterocycles. The molecule has 0 spiro atoms. The van der Waals surface area contributed by atoms with Gasteiger partial charge in [-0.15, -0.1) is 0 Å². The number of nitrogens with one attached hydrogen (secondary N) is 1. The molecular formula is C14H13N3O4. The van der Waals surface area contributed by atoms with Crippen LogP contribution in [0.2, 0.25) is 0 Å². The molecule has 0 fully saturated rings. The molecule has 7 nitrogen and oxygen atoms in total. The van der Waals surface area contributed by atoms with Crippen molar-refractivity contribution in [2.24, 2.45) is 0 Å².